The van der Waals surface area contributed by atoms with Crippen molar-refractivity contribution in [3.8, 4) is 11.6 Å². The molecule has 2 N–H and O–H groups in total. The first kappa shape index (κ1) is 22.0. The maximum atomic E-state index is 12.1. The number of benzene rings is 2. The Bertz CT molecular complexity index is 1090. The summed E-state index contributed by atoms with van der Waals surface area (Å²) in [4.78, 5) is 24.0. The van der Waals surface area contributed by atoms with E-state index in [2.05, 4.69) is 15.5 Å². The number of aromatic nitrogens is 1. The van der Waals surface area contributed by atoms with Crippen LogP contribution in [0.15, 0.2) is 58.8 Å². The van der Waals surface area contributed by atoms with Gasteiger partial charge in [0.25, 0.3) is 11.8 Å². The minimum absolute atomic E-state index is 0.0611. The van der Waals surface area contributed by atoms with E-state index in [0.29, 0.717) is 29.7 Å². The Kier molecular flexibility index (Phi) is 7.37. The highest BCUT2D eigenvalue weighted by molar-refractivity contribution is 5.96. The van der Waals surface area contributed by atoms with Gasteiger partial charge in [0.2, 0.25) is 5.88 Å². The highest BCUT2D eigenvalue weighted by Crippen LogP contribution is 2.39. The highest BCUT2D eigenvalue weighted by Gasteiger charge is 2.15. The van der Waals surface area contributed by atoms with E-state index in [-0.39, 0.29) is 29.8 Å². The van der Waals surface area contributed by atoms with E-state index in [1.807, 2.05) is 24.3 Å². The summed E-state index contributed by atoms with van der Waals surface area (Å²) in [5.74, 6) is 0.110. The van der Waals surface area contributed by atoms with Crippen molar-refractivity contribution in [3.05, 3.63) is 54.1 Å². The van der Waals surface area contributed by atoms with Crippen molar-refractivity contribution in [1.82, 2.24) is 9.88 Å². The van der Waals surface area contributed by atoms with Crippen LogP contribution in [-0.2, 0) is 11.8 Å². The Morgan fingerprint density at radius 2 is 1.87 bits per heavy atom. The molecule has 0 aliphatic rings. The molecule has 3 rings (SSSR count). The van der Waals surface area contributed by atoms with Gasteiger partial charge in [-0.25, -0.2) is 0 Å². The van der Waals surface area contributed by atoms with Gasteiger partial charge in [-0.3, -0.25) is 9.59 Å². The number of aryl methyl sites for hydroxylation is 1. The molecule has 0 fully saturated rings. The molecule has 31 heavy (non-hydrogen) atoms. The Labute approximate surface area is 180 Å². The molecular formula is C23H26N4O4. The zero-order chi connectivity index (χ0) is 22.2. The maximum Gasteiger partial charge on any atom is 0.264 e. The summed E-state index contributed by atoms with van der Waals surface area (Å²) in [6.45, 7) is 0.551. The van der Waals surface area contributed by atoms with E-state index < -0.39 is 0 Å². The normalized spacial score (nSPS) is 11.2. The van der Waals surface area contributed by atoms with Crippen LogP contribution in [0.2, 0.25) is 0 Å². The monoisotopic (exact) mass is 422 g/mol. The standard InChI is InChI=1S/C23H26N4O4/c1-27-19-13-12-17(31-2)15-18(19)21(23(27)30)26-25-20(28)11-7-4-8-14-24-22(29)16-9-5-3-6-10-16/h3,5-6,9-10,12-13,15,30H,4,7-8,11,14H2,1-2H3,(H,24,29). The number of aromatic hydroxyl groups is 1. The Balaban J connectivity index is 1.46. The summed E-state index contributed by atoms with van der Waals surface area (Å²) in [6.07, 6.45) is 2.46. The number of fused-ring (bicyclic) bond motifs is 1. The van der Waals surface area contributed by atoms with Crippen molar-refractivity contribution >= 4 is 28.4 Å². The average molecular weight is 422 g/mol. The van der Waals surface area contributed by atoms with Crippen LogP contribution in [0.1, 0.15) is 36.0 Å². The first-order valence-corrected chi connectivity index (χ1v) is 10.1. The van der Waals surface area contributed by atoms with Gasteiger partial charge in [0.1, 0.15) is 5.75 Å². The number of unbranched alkanes of at least 4 members (excludes halogenated alkanes) is 2. The largest absolute Gasteiger partial charge is 0.497 e. The summed E-state index contributed by atoms with van der Waals surface area (Å²) in [5.41, 5.74) is 1.64. The Morgan fingerprint density at radius 1 is 1.10 bits per heavy atom. The number of rotatable bonds is 9. The van der Waals surface area contributed by atoms with Crippen LogP contribution in [0.25, 0.3) is 10.9 Å². The molecule has 0 saturated heterocycles. The summed E-state index contributed by atoms with van der Waals surface area (Å²) in [5, 5.41) is 21.6. The second kappa shape index (κ2) is 10.4. The van der Waals surface area contributed by atoms with E-state index in [9.17, 15) is 14.7 Å². The number of amides is 2. The maximum absolute atomic E-state index is 12.1. The van der Waals surface area contributed by atoms with E-state index in [0.717, 1.165) is 18.4 Å². The van der Waals surface area contributed by atoms with Gasteiger partial charge < -0.3 is 19.7 Å². The third-order valence-electron chi connectivity index (χ3n) is 5.00. The fourth-order valence-electron chi connectivity index (χ4n) is 3.24. The molecule has 0 radical (unpaired) electrons. The zero-order valence-corrected chi connectivity index (χ0v) is 17.7. The minimum Gasteiger partial charge on any atom is -0.497 e. The number of nitrogens with one attached hydrogen (secondary N) is 1. The molecule has 0 aliphatic heterocycles. The van der Waals surface area contributed by atoms with Crippen molar-refractivity contribution in [3.63, 3.8) is 0 Å². The van der Waals surface area contributed by atoms with Gasteiger partial charge in [0.05, 0.1) is 12.6 Å². The molecule has 0 saturated carbocycles. The van der Waals surface area contributed by atoms with Crippen LogP contribution < -0.4 is 10.1 Å². The van der Waals surface area contributed by atoms with E-state index in [1.165, 1.54) is 0 Å². The van der Waals surface area contributed by atoms with Gasteiger partial charge in [-0.05, 0) is 43.2 Å². The Morgan fingerprint density at radius 3 is 2.61 bits per heavy atom. The fourth-order valence-corrected chi connectivity index (χ4v) is 3.24. The average Bonchev–Trinajstić information content (AvgIpc) is 3.04. The van der Waals surface area contributed by atoms with Crippen molar-refractivity contribution in [2.45, 2.75) is 25.7 Å². The molecule has 8 nitrogen and oxygen atoms in total. The number of methoxy groups -OCH3 is 1. The molecule has 8 heteroatoms. The molecule has 3 aromatic rings. The number of hydrogen-bond donors (Lipinski definition) is 2. The number of nitrogens with zero attached hydrogens (tertiary/aromatic N) is 3. The van der Waals surface area contributed by atoms with E-state index >= 15 is 0 Å². The molecule has 162 valence electrons. The molecule has 0 spiro atoms. The van der Waals surface area contributed by atoms with Gasteiger partial charge >= 0.3 is 0 Å². The summed E-state index contributed by atoms with van der Waals surface area (Å²) < 4.78 is 6.80. The lowest BCUT2D eigenvalue weighted by atomic mass is 10.2. The lowest BCUT2D eigenvalue weighted by Crippen LogP contribution is -2.24. The minimum atomic E-state index is -0.354. The first-order chi connectivity index (χ1) is 15.0. The second-order valence-electron chi connectivity index (χ2n) is 7.14. The fraction of sp³-hybridized carbons (Fsp3) is 0.304. The number of hydrogen-bond acceptors (Lipinski definition) is 5. The third-order valence-corrected chi connectivity index (χ3v) is 5.00. The van der Waals surface area contributed by atoms with Crippen LogP contribution in [0.3, 0.4) is 0 Å². The van der Waals surface area contributed by atoms with Crippen molar-refractivity contribution in [1.29, 1.82) is 0 Å². The summed E-state index contributed by atoms with van der Waals surface area (Å²) >= 11 is 0. The predicted octanol–water partition coefficient (Wildman–Crippen LogP) is 4.49. The van der Waals surface area contributed by atoms with Gasteiger partial charge in [0.15, 0.2) is 5.69 Å². The Hall–Kier alpha value is -3.68. The summed E-state index contributed by atoms with van der Waals surface area (Å²) in [6, 6.07) is 14.4. The highest BCUT2D eigenvalue weighted by atomic mass is 16.5. The lowest BCUT2D eigenvalue weighted by molar-refractivity contribution is -0.118. The molecule has 0 atom stereocenters. The van der Waals surface area contributed by atoms with Gasteiger partial charge in [-0.15, -0.1) is 10.2 Å². The molecule has 0 bridgehead atoms. The molecule has 0 unspecified atom stereocenters. The van der Waals surface area contributed by atoms with Gasteiger partial charge in [0, 0.05) is 31.0 Å². The molecule has 0 aliphatic carbocycles. The van der Waals surface area contributed by atoms with Crippen LogP contribution in [0, 0.1) is 0 Å². The molecule has 1 heterocycles. The number of carbonyl (C=O) groups excluding carboxylic acids is 2. The summed E-state index contributed by atoms with van der Waals surface area (Å²) in [7, 11) is 3.27. The van der Waals surface area contributed by atoms with Crippen molar-refractivity contribution < 1.29 is 19.4 Å². The lowest BCUT2D eigenvalue weighted by Gasteiger charge is -2.04. The third kappa shape index (κ3) is 5.48. The quantitative estimate of drug-likeness (QED) is 0.391. The van der Waals surface area contributed by atoms with E-state index in [1.54, 1.807) is 43.0 Å². The van der Waals surface area contributed by atoms with Crippen LogP contribution >= 0.6 is 0 Å². The van der Waals surface area contributed by atoms with Crippen LogP contribution in [0.5, 0.6) is 11.6 Å². The first-order valence-electron chi connectivity index (χ1n) is 10.1. The number of carbonyl (C=O) groups is 2. The van der Waals surface area contributed by atoms with E-state index in [4.69, 9.17) is 4.74 Å². The van der Waals surface area contributed by atoms with Crippen LogP contribution in [-0.4, -0.2) is 35.1 Å². The number of ether oxygens (including phenoxy) is 1. The second-order valence-corrected chi connectivity index (χ2v) is 7.14. The smallest absolute Gasteiger partial charge is 0.264 e. The molecular weight excluding hydrogens is 396 g/mol. The molecule has 1 aromatic heterocycles. The number of azo groups is 1. The van der Waals surface area contributed by atoms with Crippen molar-refractivity contribution in [2.75, 3.05) is 13.7 Å². The molecule has 2 aromatic carbocycles. The van der Waals surface area contributed by atoms with Gasteiger partial charge in [-0.1, -0.05) is 24.6 Å². The molecule has 2 amide bonds. The zero-order valence-electron chi connectivity index (χ0n) is 17.7. The topological polar surface area (TPSA) is 105 Å². The van der Waals surface area contributed by atoms with Gasteiger partial charge in [-0.2, -0.15) is 0 Å². The predicted molar refractivity (Wildman–Crippen MR) is 118 cm³/mol. The van der Waals surface area contributed by atoms with Crippen LogP contribution in [0.4, 0.5) is 5.69 Å². The SMILES string of the molecule is COc1ccc2c(c1)c(N=NC(=O)CCCCCNC(=O)c1ccccc1)c(O)n2C. The van der Waals surface area contributed by atoms with Crippen molar-refractivity contribution in [2.24, 2.45) is 17.3 Å².